The normalized spacial score (nSPS) is 16.4. The van der Waals surface area contributed by atoms with Crippen LogP contribution in [0.25, 0.3) is 0 Å². The molecule has 0 bridgehead atoms. The van der Waals surface area contributed by atoms with E-state index in [1.165, 1.54) is 24.4 Å². The third-order valence-corrected chi connectivity index (χ3v) is 4.08. The molecule has 9 heteroatoms. The monoisotopic (exact) mass is 357 g/mol. The van der Waals surface area contributed by atoms with E-state index >= 15 is 0 Å². The molecule has 9 nitrogen and oxygen atoms in total. The summed E-state index contributed by atoms with van der Waals surface area (Å²) in [5.74, 6) is 0.851. The fourth-order valence-electron chi connectivity index (χ4n) is 2.73. The molecule has 1 unspecified atom stereocenters. The molecule has 0 spiro atoms. The summed E-state index contributed by atoms with van der Waals surface area (Å²) in [5, 5.41) is 10.9. The van der Waals surface area contributed by atoms with Crippen LogP contribution >= 0.6 is 0 Å². The lowest BCUT2D eigenvalue weighted by Gasteiger charge is -2.17. The van der Waals surface area contributed by atoms with E-state index in [1.807, 2.05) is 19.0 Å². The number of aromatic nitrogens is 2. The largest absolute Gasteiger partial charge is 0.471 e. The molecule has 1 aromatic heterocycles. The van der Waals surface area contributed by atoms with Crippen LogP contribution in [0.3, 0.4) is 0 Å². The average Bonchev–Trinajstić information content (AvgIpc) is 3.09. The Labute approximate surface area is 150 Å². The van der Waals surface area contributed by atoms with Gasteiger partial charge in [0.25, 0.3) is 11.6 Å². The van der Waals surface area contributed by atoms with E-state index in [0.717, 1.165) is 0 Å². The minimum Gasteiger partial charge on any atom is -0.471 e. The van der Waals surface area contributed by atoms with Crippen molar-refractivity contribution in [2.75, 3.05) is 32.1 Å². The Morgan fingerprint density at radius 3 is 2.92 bits per heavy atom. The average molecular weight is 357 g/mol. The molecule has 0 N–H and O–H groups in total. The van der Waals surface area contributed by atoms with Gasteiger partial charge in [0.15, 0.2) is 5.82 Å². The topological polar surface area (TPSA) is 102 Å². The number of ether oxygens (including phenoxy) is 1. The maximum absolute atomic E-state index is 12.6. The zero-order valence-corrected chi connectivity index (χ0v) is 14.5. The van der Waals surface area contributed by atoms with E-state index in [-0.39, 0.29) is 17.7 Å². The lowest BCUT2D eigenvalue weighted by Crippen LogP contribution is -2.31. The first-order chi connectivity index (χ1) is 12.4. The molecule has 1 aromatic carbocycles. The molecule has 1 aliphatic rings. The van der Waals surface area contributed by atoms with E-state index in [2.05, 4.69) is 9.97 Å². The second-order valence-electron chi connectivity index (χ2n) is 6.20. The van der Waals surface area contributed by atoms with Gasteiger partial charge >= 0.3 is 0 Å². The quantitative estimate of drug-likeness (QED) is 0.593. The second-order valence-corrected chi connectivity index (χ2v) is 6.20. The van der Waals surface area contributed by atoms with Crippen LogP contribution in [-0.4, -0.2) is 59.0 Å². The van der Waals surface area contributed by atoms with Crippen molar-refractivity contribution in [2.24, 2.45) is 0 Å². The Bertz CT molecular complexity index is 826. The van der Waals surface area contributed by atoms with Gasteiger partial charge < -0.3 is 14.5 Å². The minimum atomic E-state index is -0.511. The standard InChI is InChI=1S/C17H19N5O4/c1-20(2)15-9-18-10-16(19-15)26-14-6-7-21(11-14)17(23)12-4-3-5-13(8-12)22(24)25/h3-5,8-10,14H,6-7,11H2,1-2H3. The summed E-state index contributed by atoms with van der Waals surface area (Å²) in [7, 11) is 3.73. The van der Waals surface area contributed by atoms with Gasteiger partial charge in [0.05, 0.1) is 23.9 Å². The zero-order chi connectivity index (χ0) is 18.7. The summed E-state index contributed by atoms with van der Waals surface area (Å²) < 4.78 is 5.84. The van der Waals surface area contributed by atoms with Crippen molar-refractivity contribution in [3.63, 3.8) is 0 Å². The van der Waals surface area contributed by atoms with Gasteiger partial charge in [-0.1, -0.05) is 6.07 Å². The number of rotatable bonds is 5. The van der Waals surface area contributed by atoms with Crippen LogP contribution in [0, 0.1) is 10.1 Å². The van der Waals surface area contributed by atoms with Crippen molar-refractivity contribution in [1.82, 2.24) is 14.9 Å². The highest BCUT2D eigenvalue weighted by molar-refractivity contribution is 5.95. The Morgan fingerprint density at radius 1 is 1.38 bits per heavy atom. The number of likely N-dealkylation sites (tertiary alicyclic amines) is 1. The third-order valence-electron chi connectivity index (χ3n) is 4.08. The molecule has 0 saturated carbocycles. The van der Waals surface area contributed by atoms with Crippen LogP contribution in [0.2, 0.25) is 0 Å². The molecule has 1 saturated heterocycles. The highest BCUT2D eigenvalue weighted by atomic mass is 16.6. The van der Waals surface area contributed by atoms with Crippen LogP contribution in [-0.2, 0) is 0 Å². The van der Waals surface area contributed by atoms with Gasteiger partial charge in [-0.3, -0.25) is 19.9 Å². The summed E-state index contributed by atoms with van der Waals surface area (Å²) in [6, 6.07) is 5.75. The number of carbonyl (C=O) groups is 1. The molecule has 2 aromatic rings. The highest BCUT2D eigenvalue weighted by Gasteiger charge is 2.29. The Hall–Kier alpha value is -3.23. The van der Waals surface area contributed by atoms with E-state index in [0.29, 0.717) is 36.8 Å². The summed E-state index contributed by atoms with van der Waals surface area (Å²) in [4.78, 5) is 34.9. The van der Waals surface area contributed by atoms with Crippen molar-refractivity contribution in [2.45, 2.75) is 12.5 Å². The van der Waals surface area contributed by atoms with Crippen LogP contribution < -0.4 is 9.64 Å². The molecule has 1 aliphatic heterocycles. The van der Waals surface area contributed by atoms with Crippen LogP contribution in [0.15, 0.2) is 36.7 Å². The third kappa shape index (κ3) is 3.88. The zero-order valence-electron chi connectivity index (χ0n) is 14.5. The summed E-state index contributed by atoms with van der Waals surface area (Å²) in [6.07, 6.45) is 3.65. The van der Waals surface area contributed by atoms with Gasteiger partial charge in [0.2, 0.25) is 5.88 Å². The Morgan fingerprint density at radius 2 is 2.19 bits per heavy atom. The lowest BCUT2D eigenvalue weighted by atomic mass is 10.2. The van der Waals surface area contributed by atoms with Crippen molar-refractivity contribution in [3.8, 4) is 5.88 Å². The lowest BCUT2D eigenvalue weighted by molar-refractivity contribution is -0.384. The van der Waals surface area contributed by atoms with Crippen molar-refractivity contribution in [1.29, 1.82) is 0 Å². The molecule has 136 valence electrons. The number of benzene rings is 1. The number of nitrogens with zero attached hydrogens (tertiary/aromatic N) is 5. The van der Waals surface area contributed by atoms with Gasteiger partial charge in [0.1, 0.15) is 6.10 Å². The fraction of sp³-hybridized carbons (Fsp3) is 0.353. The second kappa shape index (κ2) is 7.34. The van der Waals surface area contributed by atoms with E-state index in [9.17, 15) is 14.9 Å². The molecular weight excluding hydrogens is 338 g/mol. The molecule has 0 radical (unpaired) electrons. The van der Waals surface area contributed by atoms with Crippen molar-refractivity contribution >= 4 is 17.4 Å². The number of hydrogen-bond acceptors (Lipinski definition) is 7. The first kappa shape index (κ1) is 17.6. The molecule has 2 heterocycles. The van der Waals surface area contributed by atoms with Crippen LogP contribution in [0.5, 0.6) is 5.88 Å². The first-order valence-corrected chi connectivity index (χ1v) is 8.14. The molecule has 1 amide bonds. The van der Waals surface area contributed by atoms with Gasteiger partial charge in [-0.05, 0) is 6.07 Å². The number of carbonyl (C=O) groups excluding carboxylic acids is 1. The van der Waals surface area contributed by atoms with Crippen molar-refractivity contribution < 1.29 is 14.5 Å². The maximum atomic E-state index is 12.6. The summed E-state index contributed by atoms with van der Waals surface area (Å²) in [6.45, 7) is 0.919. The number of hydrogen-bond donors (Lipinski definition) is 0. The van der Waals surface area contributed by atoms with Crippen LogP contribution in [0.4, 0.5) is 11.5 Å². The smallest absolute Gasteiger partial charge is 0.270 e. The van der Waals surface area contributed by atoms with Gasteiger partial charge in [-0.2, -0.15) is 4.98 Å². The minimum absolute atomic E-state index is 0.0985. The Balaban J connectivity index is 1.65. The van der Waals surface area contributed by atoms with Gasteiger partial charge in [-0.15, -0.1) is 0 Å². The van der Waals surface area contributed by atoms with E-state index < -0.39 is 4.92 Å². The molecule has 26 heavy (non-hydrogen) atoms. The van der Waals surface area contributed by atoms with Crippen molar-refractivity contribution in [3.05, 3.63) is 52.3 Å². The number of anilines is 1. The van der Waals surface area contributed by atoms with Crippen LogP contribution in [0.1, 0.15) is 16.8 Å². The van der Waals surface area contributed by atoms with Gasteiger partial charge in [-0.25, -0.2) is 0 Å². The first-order valence-electron chi connectivity index (χ1n) is 8.14. The SMILES string of the molecule is CN(C)c1cncc(OC2CCN(C(=O)c3cccc([N+](=O)[O-])c3)C2)n1. The maximum Gasteiger partial charge on any atom is 0.270 e. The molecule has 1 atom stereocenters. The predicted octanol–water partition coefficient (Wildman–Crippen LogP) is 1.74. The number of nitro benzene ring substituents is 1. The number of amides is 1. The summed E-state index contributed by atoms with van der Waals surface area (Å²) >= 11 is 0. The number of non-ortho nitro benzene ring substituents is 1. The van der Waals surface area contributed by atoms with E-state index in [1.54, 1.807) is 17.2 Å². The van der Waals surface area contributed by atoms with E-state index in [4.69, 9.17) is 4.74 Å². The molecule has 0 aliphatic carbocycles. The Kier molecular flexibility index (Phi) is 4.97. The predicted molar refractivity (Wildman–Crippen MR) is 94.4 cm³/mol. The molecule has 3 rings (SSSR count). The number of nitro groups is 1. The summed E-state index contributed by atoms with van der Waals surface area (Å²) in [5.41, 5.74) is 0.202. The fourth-order valence-corrected chi connectivity index (χ4v) is 2.73. The highest BCUT2D eigenvalue weighted by Crippen LogP contribution is 2.21. The molecule has 1 fully saturated rings. The van der Waals surface area contributed by atoms with Gasteiger partial charge in [0, 0.05) is 44.8 Å². The molecular formula is C17H19N5O4.